The van der Waals surface area contributed by atoms with Crippen LogP contribution in [-0.4, -0.2) is 70.0 Å². The van der Waals surface area contributed by atoms with Crippen molar-refractivity contribution in [2.24, 2.45) is 11.3 Å². The molecule has 25 heavy (non-hydrogen) atoms. The van der Waals surface area contributed by atoms with Crippen LogP contribution in [0.2, 0.25) is 0 Å². The van der Waals surface area contributed by atoms with E-state index in [1.54, 1.807) is 0 Å². The zero-order valence-corrected chi connectivity index (χ0v) is 14.8. The summed E-state index contributed by atoms with van der Waals surface area (Å²) in [5.74, 6) is -0.826. The largest absolute Gasteiger partial charge is 0.481 e. The minimum absolute atomic E-state index is 0.0306. The van der Waals surface area contributed by atoms with Crippen LogP contribution in [0.15, 0.2) is 11.0 Å². The van der Waals surface area contributed by atoms with Crippen LogP contribution in [0.3, 0.4) is 0 Å². The molecule has 2 aliphatic heterocycles. The minimum Gasteiger partial charge on any atom is -0.481 e. The Hall–Kier alpha value is -2.22. The molecule has 0 spiro atoms. The van der Waals surface area contributed by atoms with Gasteiger partial charge in [0.2, 0.25) is 0 Å². The topological polar surface area (TPSA) is 107 Å². The Kier molecular flexibility index (Phi) is 4.40. The molecule has 2 atom stereocenters. The van der Waals surface area contributed by atoms with Gasteiger partial charge in [0.15, 0.2) is 0 Å². The van der Waals surface area contributed by atoms with Crippen LogP contribution in [0.4, 0.5) is 0 Å². The SMILES string of the molecule is CC(C)c1ncc(C(=O)N2C[C@H]3CCN(C)C[C@@]3(C(=O)O)C2)c(=O)[nH]1. The molecule has 8 heteroatoms. The normalized spacial score (nSPS) is 26.7. The number of piperidine rings is 1. The molecule has 0 aliphatic carbocycles. The molecule has 2 aliphatic rings. The lowest BCUT2D eigenvalue weighted by atomic mass is 9.73. The van der Waals surface area contributed by atoms with Crippen molar-refractivity contribution in [1.29, 1.82) is 0 Å². The van der Waals surface area contributed by atoms with Crippen molar-refractivity contribution >= 4 is 11.9 Å². The number of H-pyrrole nitrogens is 1. The number of hydrogen-bond acceptors (Lipinski definition) is 5. The summed E-state index contributed by atoms with van der Waals surface area (Å²) in [6.07, 6.45) is 2.03. The Morgan fingerprint density at radius 3 is 2.72 bits per heavy atom. The highest BCUT2D eigenvalue weighted by Crippen LogP contribution is 2.42. The van der Waals surface area contributed by atoms with Gasteiger partial charge < -0.3 is 19.9 Å². The van der Waals surface area contributed by atoms with Gasteiger partial charge in [0.25, 0.3) is 11.5 Å². The number of nitrogens with zero attached hydrogens (tertiary/aromatic N) is 3. The predicted molar refractivity (Wildman–Crippen MR) is 90.5 cm³/mol. The minimum atomic E-state index is -0.958. The second-order valence-electron chi connectivity index (χ2n) is 7.54. The lowest BCUT2D eigenvalue weighted by molar-refractivity contribution is -0.153. The van der Waals surface area contributed by atoms with Crippen molar-refractivity contribution in [3.8, 4) is 0 Å². The Bertz CT molecular complexity index is 759. The van der Waals surface area contributed by atoms with Crippen molar-refractivity contribution in [1.82, 2.24) is 19.8 Å². The van der Waals surface area contributed by atoms with E-state index in [4.69, 9.17) is 0 Å². The summed E-state index contributed by atoms with van der Waals surface area (Å²) in [5.41, 5.74) is -1.46. The number of carbonyl (C=O) groups excluding carboxylic acids is 1. The first-order chi connectivity index (χ1) is 11.7. The van der Waals surface area contributed by atoms with E-state index in [0.29, 0.717) is 18.9 Å². The maximum absolute atomic E-state index is 12.8. The third kappa shape index (κ3) is 2.95. The first-order valence-corrected chi connectivity index (χ1v) is 8.55. The maximum atomic E-state index is 12.8. The summed E-state index contributed by atoms with van der Waals surface area (Å²) >= 11 is 0. The summed E-state index contributed by atoms with van der Waals surface area (Å²) in [6.45, 7) is 5.52. The zero-order valence-electron chi connectivity index (χ0n) is 14.8. The number of likely N-dealkylation sites (tertiary alicyclic amines) is 2. The second-order valence-corrected chi connectivity index (χ2v) is 7.54. The summed E-state index contributed by atoms with van der Waals surface area (Å²) in [5, 5.41) is 9.79. The molecule has 136 valence electrons. The monoisotopic (exact) mass is 348 g/mol. The molecule has 3 rings (SSSR count). The highest BCUT2D eigenvalue weighted by molar-refractivity contribution is 5.94. The average molecular weight is 348 g/mol. The number of aliphatic carboxylic acids is 1. The van der Waals surface area contributed by atoms with Crippen LogP contribution in [0.5, 0.6) is 0 Å². The molecular formula is C17H24N4O4. The standard InChI is InChI=1S/C17H24N4O4/c1-10(2)13-18-6-12(14(22)19-13)15(23)21-7-11-4-5-20(3)8-17(11,9-21)16(24)25/h6,10-11H,4-5,7-9H2,1-3H3,(H,24,25)(H,18,19,22)/t11-,17-/m1/s1. The van der Waals surface area contributed by atoms with E-state index in [0.717, 1.165) is 13.0 Å². The smallest absolute Gasteiger partial charge is 0.313 e. The van der Waals surface area contributed by atoms with Gasteiger partial charge in [-0.25, -0.2) is 4.98 Å². The third-order valence-corrected chi connectivity index (χ3v) is 5.42. The van der Waals surface area contributed by atoms with Gasteiger partial charge in [0.05, 0.1) is 0 Å². The molecule has 2 N–H and O–H groups in total. The molecule has 3 heterocycles. The fraction of sp³-hybridized carbons (Fsp3) is 0.647. The number of carbonyl (C=O) groups is 2. The van der Waals surface area contributed by atoms with E-state index in [1.165, 1.54) is 11.1 Å². The molecule has 0 bridgehead atoms. The number of rotatable bonds is 3. The molecule has 2 saturated heterocycles. The van der Waals surface area contributed by atoms with E-state index < -0.39 is 22.9 Å². The van der Waals surface area contributed by atoms with Crippen LogP contribution in [0.1, 0.15) is 42.4 Å². The van der Waals surface area contributed by atoms with Gasteiger partial charge in [0.1, 0.15) is 16.8 Å². The number of hydrogen-bond donors (Lipinski definition) is 2. The summed E-state index contributed by atoms with van der Waals surface area (Å²) in [4.78, 5) is 47.3. The molecule has 0 radical (unpaired) electrons. The molecule has 0 saturated carbocycles. The number of amides is 1. The van der Waals surface area contributed by atoms with Crippen LogP contribution >= 0.6 is 0 Å². The summed E-state index contributed by atoms with van der Waals surface area (Å²) in [6, 6.07) is 0. The number of aromatic amines is 1. The Morgan fingerprint density at radius 1 is 1.40 bits per heavy atom. The van der Waals surface area contributed by atoms with Crippen LogP contribution in [0.25, 0.3) is 0 Å². The van der Waals surface area contributed by atoms with Gasteiger partial charge in [0, 0.05) is 31.7 Å². The van der Waals surface area contributed by atoms with E-state index >= 15 is 0 Å². The van der Waals surface area contributed by atoms with E-state index in [2.05, 4.69) is 9.97 Å². The fourth-order valence-electron chi connectivity index (χ4n) is 3.95. The van der Waals surface area contributed by atoms with E-state index in [9.17, 15) is 19.5 Å². The molecule has 1 amide bonds. The lowest BCUT2D eigenvalue weighted by Gasteiger charge is -2.39. The summed E-state index contributed by atoms with van der Waals surface area (Å²) < 4.78 is 0. The molecule has 0 aromatic carbocycles. The van der Waals surface area contributed by atoms with Crippen molar-refractivity contribution in [3.63, 3.8) is 0 Å². The quantitative estimate of drug-likeness (QED) is 0.817. The van der Waals surface area contributed by atoms with Gasteiger partial charge >= 0.3 is 5.97 Å². The summed E-state index contributed by atoms with van der Waals surface area (Å²) in [7, 11) is 1.89. The number of carboxylic acid groups (broad SMARTS) is 1. The third-order valence-electron chi connectivity index (χ3n) is 5.42. The first-order valence-electron chi connectivity index (χ1n) is 8.55. The number of nitrogens with one attached hydrogen (secondary N) is 1. The average Bonchev–Trinajstić information content (AvgIpc) is 2.94. The van der Waals surface area contributed by atoms with Gasteiger partial charge in [-0.15, -0.1) is 0 Å². The van der Waals surface area contributed by atoms with E-state index in [-0.39, 0.29) is 23.9 Å². The molecule has 1 aromatic heterocycles. The van der Waals surface area contributed by atoms with Crippen molar-refractivity contribution in [2.75, 3.05) is 33.2 Å². The highest BCUT2D eigenvalue weighted by Gasteiger charge is 2.55. The fourth-order valence-corrected chi connectivity index (χ4v) is 3.95. The highest BCUT2D eigenvalue weighted by atomic mass is 16.4. The molecule has 8 nitrogen and oxygen atoms in total. The number of aromatic nitrogens is 2. The maximum Gasteiger partial charge on any atom is 0.313 e. The van der Waals surface area contributed by atoms with E-state index in [1.807, 2.05) is 25.8 Å². The predicted octanol–water partition coefficient (Wildman–Crippen LogP) is 0.372. The first kappa shape index (κ1) is 17.6. The van der Waals surface area contributed by atoms with Crippen molar-refractivity contribution in [2.45, 2.75) is 26.2 Å². The Morgan fingerprint density at radius 2 is 2.12 bits per heavy atom. The van der Waals surface area contributed by atoms with Crippen LogP contribution < -0.4 is 5.56 Å². The molecule has 1 aromatic rings. The van der Waals surface area contributed by atoms with Gasteiger partial charge in [-0.1, -0.05) is 13.8 Å². The van der Waals surface area contributed by atoms with Gasteiger partial charge in [-0.2, -0.15) is 0 Å². The van der Waals surface area contributed by atoms with Gasteiger partial charge in [-0.3, -0.25) is 14.4 Å². The Balaban J connectivity index is 1.87. The molecule has 2 fully saturated rings. The number of carboxylic acids is 1. The molecular weight excluding hydrogens is 324 g/mol. The van der Waals surface area contributed by atoms with Crippen LogP contribution in [-0.2, 0) is 4.79 Å². The molecule has 0 unspecified atom stereocenters. The van der Waals surface area contributed by atoms with Crippen LogP contribution in [0, 0.1) is 11.3 Å². The van der Waals surface area contributed by atoms with Crippen molar-refractivity contribution < 1.29 is 14.7 Å². The number of fused-ring (bicyclic) bond motifs is 1. The Labute approximate surface area is 145 Å². The second kappa shape index (κ2) is 6.25. The zero-order chi connectivity index (χ0) is 18.4. The van der Waals surface area contributed by atoms with Gasteiger partial charge in [-0.05, 0) is 25.9 Å². The lowest BCUT2D eigenvalue weighted by Crippen LogP contribution is -2.52. The van der Waals surface area contributed by atoms with Crippen molar-refractivity contribution in [3.05, 3.63) is 27.9 Å².